The highest BCUT2D eigenvalue weighted by Gasteiger charge is 2.23. The number of carbonyl (C=O) groups is 2. The summed E-state index contributed by atoms with van der Waals surface area (Å²) in [5.74, 6) is 0.162. The van der Waals surface area contributed by atoms with Gasteiger partial charge >= 0.3 is 0 Å². The Bertz CT molecular complexity index is 846. The number of aryl methyl sites for hydroxylation is 1. The monoisotopic (exact) mass is 385 g/mol. The highest BCUT2D eigenvalue weighted by molar-refractivity contribution is 5.95. The molecule has 7 heteroatoms. The number of piperazine rings is 1. The minimum atomic E-state index is -0.343. The SMILES string of the molecule is COc1cc(C(=O)N2CCN(CC(=O)Nc3ccc(F)cc3)CC2)ccc1C. The largest absolute Gasteiger partial charge is 0.496 e. The maximum Gasteiger partial charge on any atom is 0.254 e. The molecule has 0 unspecified atom stereocenters. The molecule has 0 spiro atoms. The van der Waals surface area contributed by atoms with E-state index in [9.17, 15) is 14.0 Å². The smallest absolute Gasteiger partial charge is 0.254 e. The van der Waals surface area contributed by atoms with E-state index in [4.69, 9.17) is 4.74 Å². The number of methoxy groups -OCH3 is 1. The molecular formula is C21H24FN3O3. The van der Waals surface area contributed by atoms with Gasteiger partial charge in [-0.25, -0.2) is 4.39 Å². The van der Waals surface area contributed by atoms with Crippen molar-refractivity contribution < 1.29 is 18.7 Å². The first-order valence-electron chi connectivity index (χ1n) is 9.18. The van der Waals surface area contributed by atoms with Crippen molar-refractivity contribution in [3.05, 3.63) is 59.4 Å². The number of nitrogens with zero attached hydrogens (tertiary/aromatic N) is 2. The first-order chi connectivity index (χ1) is 13.5. The number of amides is 2. The van der Waals surface area contributed by atoms with Crippen molar-refractivity contribution in [2.24, 2.45) is 0 Å². The van der Waals surface area contributed by atoms with Crippen LogP contribution in [0.2, 0.25) is 0 Å². The number of benzene rings is 2. The lowest BCUT2D eigenvalue weighted by Crippen LogP contribution is -2.50. The van der Waals surface area contributed by atoms with E-state index in [0.717, 1.165) is 5.56 Å². The number of hydrogen-bond acceptors (Lipinski definition) is 4. The van der Waals surface area contributed by atoms with Gasteiger partial charge in [-0.3, -0.25) is 14.5 Å². The van der Waals surface area contributed by atoms with Crippen LogP contribution in [0, 0.1) is 12.7 Å². The lowest BCUT2D eigenvalue weighted by Gasteiger charge is -2.34. The Kier molecular flexibility index (Phi) is 6.26. The van der Waals surface area contributed by atoms with Crippen LogP contribution >= 0.6 is 0 Å². The third-order valence-corrected chi connectivity index (χ3v) is 4.81. The number of rotatable bonds is 5. The maximum atomic E-state index is 12.9. The first kappa shape index (κ1) is 19.8. The van der Waals surface area contributed by atoms with Crippen LogP contribution in [0.5, 0.6) is 5.75 Å². The summed E-state index contributed by atoms with van der Waals surface area (Å²) < 4.78 is 18.2. The minimum absolute atomic E-state index is 0.0336. The van der Waals surface area contributed by atoms with Crippen molar-refractivity contribution >= 4 is 17.5 Å². The number of halogens is 1. The van der Waals surface area contributed by atoms with Crippen molar-refractivity contribution in [1.29, 1.82) is 0 Å². The van der Waals surface area contributed by atoms with E-state index < -0.39 is 0 Å². The average molecular weight is 385 g/mol. The van der Waals surface area contributed by atoms with Crippen molar-refractivity contribution in [2.75, 3.05) is 45.2 Å². The number of anilines is 1. The standard InChI is InChI=1S/C21H24FN3O3/c1-15-3-4-16(13-19(15)28-2)21(27)25-11-9-24(10-12-25)14-20(26)23-18-7-5-17(22)6-8-18/h3-8,13H,9-12,14H2,1-2H3,(H,23,26). The van der Waals surface area contributed by atoms with Gasteiger partial charge in [0.05, 0.1) is 13.7 Å². The van der Waals surface area contributed by atoms with Crippen molar-refractivity contribution in [3.63, 3.8) is 0 Å². The zero-order valence-corrected chi connectivity index (χ0v) is 16.1. The first-order valence-corrected chi connectivity index (χ1v) is 9.18. The van der Waals surface area contributed by atoms with Crippen molar-refractivity contribution in [3.8, 4) is 5.75 Å². The van der Waals surface area contributed by atoms with E-state index in [2.05, 4.69) is 5.32 Å². The van der Waals surface area contributed by atoms with E-state index in [1.807, 2.05) is 24.0 Å². The normalized spacial score (nSPS) is 14.6. The summed E-state index contributed by atoms with van der Waals surface area (Å²) in [7, 11) is 1.59. The van der Waals surface area contributed by atoms with Gasteiger partial charge in [0.2, 0.25) is 5.91 Å². The highest BCUT2D eigenvalue weighted by Crippen LogP contribution is 2.20. The maximum absolute atomic E-state index is 12.9. The Morgan fingerprint density at radius 1 is 1.07 bits per heavy atom. The molecule has 148 valence electrons. The van der Waals surface area contributed by atoms with Gasteiger partial charge in [-0.05, 0) is 48.9 Å². The molecule has 1 fully saturated rings. The minimum Gasteiger partial charge on any atom is -0.496 e. The molecule has 0 atom stereocenters. The fourth-order valence-electron chi connectivity index (χ4n) is 3.18. The molecule has 6 nitrogen and oxygen atoms in total. The van der Waals surface area contributed by atoms with Gasteiger partial charge in [-0.2, -0.15) is 0 Å². The Balaban J connectivity index is 1.50. The van der Waals surface area contributed by atoms with Crippen molar-refractivity contribution in [1.82, 2.24) is 9.80 Å². The second-order valence-electron chi connectivity index (χ2n) is 6.81. The Labute approximate surface area is 163 Å². The van der Waals surface area contributed by atoms with Crippen LogP contribution in [0.15, 0.2) is 42.5 Å². The molecule has 1 saturated heterocycles. The van der Waals surface area contributed by atoms with Gasteiger partial charge in [0, 0.05) is 37.4 Å². The van der Waals surface area contributed by atoms with Crippen LogP contribution in [0.25, 0.3) is 0 Å². The second-order valence-corrected chi connectivity index (χ2v) is 6.81. The molecular weight excluding hydrogens is 361 g/mol. The summed E-state index contributed by atoms with van der Waals surface area (Å²) in [6.07, 6.45) is 0. The summed E-state index contributed by atoms with van der Waals surface area (Å²) >= 11 is 0. The summed E-state index contributed by atoms with van der Waals surface area (Å²) in [5.41, 5.74) is 2.15. The molecule has 0 aromatic heterocycles. The molecule has 0 saturated carbocycles. The van der Waals surface area contributed by atoms with E-state index in [0.29, 0.717) is 43.2 Å². The van der Waals surface area contributed by atoms with E-state index in [-0.39, 0.29) is 24.2 Å². The molecule has 1 aliphatic heterocycles. The number of hydrogen-bond donors (Lipinski definition) is 1. The molecule has 2 aromatic carbocycles. The molecule has 1 heterocycles. The van der Waals surface area contributed by atoms with Gasteiger partial charge in [-0.1, -0.05) is 6.07 Å². The zero-order chi connectivity index (χ0) is 20.1. The average Bonchev–Trinajstić information content (AvgIpc) is 2.70. The molecule has 0 radical (unpaired) electrons. The fourth-order valence-corrected chi connectivity index (χ4v) is 3.18. The fraction of sp³-hybridized carbons (Fsp3) is 0.333. The third kappa shape index (κ3) is 4.86. The van der Waals surface area contributed by atoms with Gasteiger partial charge in [-0.15, -0.1) is 0 Å². The summed E-state index contributed by atoms with van der Waals surface area (Å²) in [5, 5.41) is 2.75. The second kappa shape index (κ2) is 8.84. The molecule has 2 amide bonds. The van der Waals surface area contributed by atoms with E-state index >= 15 is 0 Å². The van der Waals surface area contributed by atoms with E-state index in [1.165, 1.54) is 24.3 Å². The zero-order valence-electron chi connectivity index (χ0n) is 16.1. The van der Waals surface area contributed by atoms with Gasteiger partial charge < -0.3 is 15.0 Å². The third-order valence-electron chi connectivity index (χ3n) is 4.81. The number of nitrogens with one attached hydrogen (secondary N) is 1. The number of ether oxygens (including phenoxy) is 1. The van der Waals surface area contributed by atoms with Crippen LogP contribution in [0.4, 0.5) is 10.1 Å². The summed E-state index contributed by atoms with van der Waals surface area (Å²) in [4.78, 5) is 28.7. The summed E-state index contributed by atoms with van der Waals surface area (Å²) in [6, 6.07) is 11.1. The molecule has 0 aliphatic carbocycles. The molecule has 1 N–H and O–H groups in total. The molecule has 28 heavy (non-hydrogen) atoms. The number of carbonyl (C=O) groups excluding carboxylic acids is 2. The Hall–Kier alpha value is -2.93. The van der Waals surface area contributed by atoms with Crippen molar-refractivity contribution in [2.45, 2.75) is 6.92 Å². The predicted molar refractivity (Wildman–Crippen MR) is 105 cm³/mol. The Morgan fingerprint density at radius 3 is 2.39 bits per heavy atom. The molecule has 2 aromatic rings. The van der Waals surface area contributed by atoms with Crippen LogP contribution in [-0.4, -0.2) is 61.4 Å². The van der Waals surface area contributed by atoms with Crippen LogP contribution < -0.4 is 10.1 Å². The van der Waals surface area contributed by atoms with E-state index in [1.54, 1.807) is 18.1 Å². The lowest BCUT2D eigenvalue weighted by atomic mass is 10.1. The molecule has 3 rings (SSSR count). The molecule has 1 aliphatic rings. The quantitative estimate of drug-likeness (QED) is 0.859. The highest BCUT2D eigenvalue weighted by atomic mass is 19.1. The topological polar surface area (TPSA) is 61.9 Å². The predicted octanol–water partition coefficient (Wildman–Crippen LogP) is 2.54. The van der Waals surface area contributed by atoms with Crippen LogP contribution in [0.3, 0.4) is 0 Å². The van der Waals surface area contributed by atoms with Gasteiger partial charge in [0.1, 0.15) is 11.6 Å². The molecule has 0 bridgehead atoms. The lowest BCUT2D eigenvalue weighted by molar-refractivity contribution is -0.117. The summed E-state index contributed by atoms with van der Waals surface area (Å²) in [6.45, 7) is 4.51. The van der Waals surface area contributed by atoms with Crippen LogP contribution in [0.1, 0.15) is 15.9 Å². The van der Waals surface area contributed by atoms with Gasteiger partial charge in [0.25, 0.3) is 5.91 Å². The van der Waals surface area contributed by atoms with Gasteiger partial charge in [0.15, 0.2) is 0 Å². The Morgan fingerprint density at radius 2 is 1.75 bits per heavy atom. The van der Waals surface area contributed by atoms with Crippen LogP contribution in [-0.2, 0) is 4.79 Å².